The van der Waals surface area contributed by atoms with Gasteiger partial charge in [-0.3, -0.25) is 0 Å². The topological polar surface area (TPSA) is 77.5 Å². The molecule has 1 aliphatic rings. The molecule has 0 bridgehead atoms. The number of carboxylic acid groups (broad SMARTS) is 1. The lowest BCUT2D eigenvalue weighted by Gasteiger charge is -2.31. The molecule has 1 aliphatic heterocycles. The van der Waals surface area contributed by atoms with Crippen LogP contribution in [-0.4, -0.2) is 31.8 Å². The van der Waals surface area contributed by atoms with Gasteiger partial charge < -0.3 is 9.90 Å². The van der Waals surface area contributed by atoms with E-state index < -0.39 is 21.9 Å². The molecule has 1 fully saturated rings. The second-order valence-electron chi connectivity index (χ2n) is 3.95. The van der Waals surface area contributed by atoms with Crippen LogP contribution in [0.5, 0.6) is 0 Å². The summed E-state index contributed by atoms with van der Waals surface area (Å²) >= 11 is 1.14. The lowest BCUT2D eigenvalue weighted by Crippen LogP contribution is -2.45. The summed E-state index contributed by atoms with van der Waals surface area (Å²) in [6.07, 6.45) is 1.04. The predicted molar refractivity (Wildman–Crippen MR) is 60.8 cm³/mol. The van der Waals surface area contributed by atoms with Crippen LogP contribution < -0.4 is 5.11 Å². The Morgan fingerprint density at radius 3 is 2.88 bits per heavy atom. The Morgan fingerprint density at radius 2 is 2.29 bits per heavy atom. The normalized spacial score (nSPS) is 22.5. The smallest absolute Gasteiger partial charge is 0.252 e. The van der Waals surface area contributed by atoms with E-state index in [1.807, 2.05) is 0 Å². The van der Waals surface area contributed by atoms with Crippen molar-refractivity contribution in [3.63, 3.8) is 0 Å². The van der Waals surface area contributed by atoms with Gasteiger partial charge in [-0.05, 0) is 24.3 Å². The number of hydrogen-bond donors (Lipinski definition) is 0. The number of thiophene rings is 1. The largest absolute Gasteiger partial charge is 0.550 e. The maximum Gasteiger partial charge on any atom is 0.252 e. The number of sulfonamides is 1. The minimum atomic E-state index is -3.52. The van der Waals surface area contributed by atoms with Gasteiger partial charge in [0.25, 0.3) is 10.0 Å². The van der Waals surface area contributed by atoms with Crippen molar-refractivity contribution in [3.05, 3.63) is 17.5 Å². The zero-order valence-corrected chi connectivity index (χ0v) is 10.7. The summed E-state index contributed by atoms with van der Waals surface area (Å²) in [6, 6.07) is 3.19. The molecule has 0 spiro atoms. The molecule has 1 aromatic rings. The summed E-state index contributed by atoms with van der Waals surface area (Å²) in [5, 5.41) is 12.5. The molecule has 0 radical (unpaired) electrons. The minimum absolute atomic E-state index is 0.0164. The van der Waals surface area contributed by atoms with Gasteiger partial charge in [0, 0.05) is 25.0 Å². The van der Waals surface area contributed by atoms with Gasteiger partial charge in [0.15, 0.2) is 0 Å². The van der Waals surface area contributed by atoms with Gasteiger partial charge in [-0.2, -0.15) is 4.31 Å². The van der Waals surface area contributed by atoms with Crippen molar-refractivity contribution in [1.29, 1.82) is 0 Å². The zero-order chi connectivity index (χ0) is 12.5. The van der Waals surface area contributed by atoms with Crippen molar-refractivity contribution in [2.45, 2.75) is 17.1 Å². The number of nitrogens with zero attached hydrogens (tertiary/aromatic N) is 1. The third-order valence-corrected chi connectivity index (χ3v) is 6.04. The molecule has 1 saturated heterocycles. The van der Waals surface area contributed by atoms with Crippen molar-refractivity contribution >= 4 is 27.3 Å². The Hall–Kier alpha value is -0.920. The summed E-state index contributed by atoms with van der Waals surface area (Å²) in [5.74, 6) is -1.87. The second-order valence-corrected chi connectivity index (χ2v) is 7.07. The van der Waals surface area contributed by atoms with Crippen molar-refractivity contribution < 1.29 is 18.3 Å². The van der Waals surface area contributed by atoms with E-state index in [4.69, 9.17) is 0 Å². The van der Waals surface area contributed by atoms with Gasteiger partial charge >= 0.3 is 0 Å². The predicted octanol–water partition coefficient (Wildman–Crippen LogP) is -0.101. The fourth-order valence-corrected chi connectivity index (χ4v) is 4.56. The highest BCUT2D eigenvalue weighted by molar-refractivity contribution is 7.91. The highest BCUT2D eigenvalue weighted by atomic mass is 32.2. The van der Waals surface area contributed by atoms with Crippen LogP contribution in [0.25, 0.3) is 0 Å². The molecule has 0 aliphatic carbocycles. The Labute approximate surface area is 104 Å². The fourth-order valence-electron chi connectivity index (χ4n) is 1.89. The first-order valence-electron chi connectivity index (χ1n) is 5.26. The van der Waals surface area contributed by atoms with Gasteiger partial charge in [0.2, 0.25) is 0 Å². The number of carbonyl (C=O) groups is 1. The monoisotopic (exact) mass is 274 g/mol. The maximum atomic E-state index is 12.1. The van der Waals surface area contributed by atoms with Gasteiger partial charge in [-0.25, -0.2) is 8.42 Å². The van der Waals surface area contributed by atoms with Gasteiger partial charge in [0.1, 0.15) is 4.21 Å². The second kappa shape index (κ2) is 4.75. The summed E-state index contributed by atoms with van der Waals surface area (Å²) < 4.78 is 25.8. The van der Waals surface area contributed by atoms with Crippen LogP contribution in [0, 0.1) is 5.92 Å². The molecule has 1 unspecified atom stereocenters. The molecular weight excluding hydrogens is 262 g/mol. The Kier molecular flexibility index (Phi) is 3.50. The van der Waals surface area contributed by atoms with Gasteiger partial charge in [0.05, 0.1) is 0 Å². The lowest BCUT2D eigenvalue weighted by molar-refractivity contribution is -0.312. The number of aliphatic carboxylic acids is 1. The Balaban J connectivity index is 2.20. The number of rotatable bonds is 3. The SMILES string of the molecule is O=C([O-])C1CCCN(S(=O)(=O)c2cccs2)C1. The molecule has 0 amide bonds. The minimum Gasteiger partial charge on any atom is -0.550 e. The van der Waals surface area contributed by atoms with Crippen LogP contribution in [0.4, 0.5) is 0 Å². The highest BCUT2D eigenvalue weighted by Crippen LogP contribution is 2.25. The Morgan fingerprint density at radius 1 is 1.53 bits per heavy atom. The molecule has 7 heteroatoms. The van der Waals surface area contributed by atoms with E-state index in [9.17, 15) is 18.3 Å². The van der Waals surface area contributed by atoms with E-state index in [0.29, 0.717) is 19.4 Å². The van der Waals surface area contributed by atoms with Crippen LogP contribution in [0.15, 0.2) is 21.7 Å². The molecule has 0 N–H and O–H groups in total. The first kappa shape index (κ1) is 12.5. The number of piperidine rings is 1. The van der Waals surface area contributed by atoms with Crippen molar-refractivity contribution in [2.75, 3.05) is 13.1 Å². The third kappa shape index (κ3) is 2.51. The first-order chi connectivity index (χ1) is 8.01. The van der Waals surface area contributed by atoms with Crippen LogP contribution in [0.2, 0.25) is 0 Å². The summed E-state index contributed by atoms with van der Waals surface area (Å²) in [6.45, 7) is 0.395. The molecule has 5 nitrogen and oxygen atoms in total. The molecule has 2 rings (SSSR count). The van der Waals surface area contributed by atoms with Crippen LogP contribution in [0.3, 0.4) is 0 Å². The third-order valence-electron chi connectivity index (χ3n) is 2.81. The van der Waals surface area contributed by atoms with Crippen LogP contribution >= 0.6 is 11.3 Å². The standard InChI is InChI=1S/C10H13NO4S2/c12-10(13)8-3-1-5-11(7-8)17(14,15)9-4-2-6-16-9/h2,4,6,8H,1,3,5,7H2,(H,12,13)/p-1. The van der Waals surface area contributed by atoms with E-state index in [-0.39, 0.29) is 10.8 Å². The zero-order valence-electron chi connectivity index (χ0n) is 9.03. The number of carboxylic acids is 1. The molecule has 17 heavy (non-hydrogen) atoms. The van der Waals surface area contributed by atoms with E-state index in [1.54, 1.807) is 11.4 Å². The van der Waals surface area contributed by atoms with Gasteiger partial charge in [-0.1, -0.05) is 6.07 Å². The molecule has 1 aromatic heterocycles. The molecule has 94 valence electrons. The first-order valence-corrected chi connectivity index (χ1v) is 7.58. The fraction of sp³-hybridized carbons (Fsp3) is 0.500. The number of hydrogen-bond acceptors (Lipinski definition) is 5. The summed E-state index contributed by atoms with van der Waals surface area (Å²) in [4.78, 5) is 10.8. The summed E-state index contributed by atoms with van der Waals surface area (Å²) in [5.41, 5.74) is 0. The van der Waals surface area contributed by atoms with Gasteiger partial charge in [-0.15, -0.1) is 11.3 Å². The van der Waals surface area contributed by atoms with E-state index in [0.717, 1.165) is 11.3 Å². The van der Waals surface area contributed by atoms with Crippen LogP contribution in [0.1, 0.15) is 12.8 Å². The average Bonchev–Trinajstić information content (AvgIpc) is 2.83. The van der Waals surface area contributed by atoms with Crippen molar-refractivity contribution in [2.24, 2.45) is 5.92 Å². The van der Waals surface area contributed by atoms with E-state index in [1.165, 1.54) is 10.4 Å². The van der Waals surface area contributed by atoms with Crippen molar-refractivity contribution in [1.82, 2.24) is 4.31 Å². The van der Waals surface area contributed by atoms with E-state index >= 15 is 0 Å². The lowest BCUT2D eigenvalue weighted by atomic mass is 10.0. The molecule has 2 heterocycles. The van der Waals surface area contributed by atoms with Crippen LogP contribution in [-0.2, 0) is 14.8 Å². The number of carbonyl (C=O) groups excluding carboxylic acids is 1. The van der Waals surface area contributed by atoms with Crippen molar-refractivity contribution in [3.8, 4) is 0 Å². The van der Waals surface area contributed by atoms with E-state index in [2.05, 4.69) is 0 Å². The molecule has 1 atom stereocenters. The summed E-state index contributed by atoms with van der Waals surface area (Å²) in [7, 11) is -3.52. The highest BCUT2D eigenvalue weighted by Gasteiger charge is 2.31. The molecule has 0 aromatic carbocycles. The quantitative estimate of drug-likeness (QED) is 0.771. The molecular formula is C10H12NO4S2-. The average molecular weight is 274 g/mol. The molecule has 0 saturated carbocycles. The Bertz CT molecular complexity index is 494. The maximum absolute atomic E-state index is 12.1.